The van der Waals surface area contributed by atoms with E-state index in [-0.39, 0.29) is 25.0 Å². The van der Waals surface area contributed by atoms with Crippen molar-refractivity contribution in [3.63, 3.8) is 0 Å². The zero-order valence-electron chi connectivity index (χ0n) is 16.3. The number of amides is 2. The number of carbonyl (C=O) groups excluding carboxylic acids is 3. The summed E-state index contributed by atoms with van der Waals surface area (Å²) in [7, 11) is 0. The van der Waals surface area contributed by atoms with Gasteiger partial charge in [0.05, 0.1) is 0 Å². The van der Waals surface area contributed by atoms with Crippen molar-refractivity contribution >= 4 is 34.3 Å². The number of piperidine rings is 1. The number of Topliss-reactive ketones (excluding diaryl/α,β-unsaturated/α-hetero) is 1. The van der Waals surface area contributed by atoms with Crippen molar-refractivity contribution in [3.8, 4) is 0 Å². The Bertz CT molecular complexity index is 1060. The summed E-state index contributed by atoms with van der Waals surface area (Å²) in [6.45, 7) is 0. The van der Waals surface area contributed by atoms with Gasteiger partial charge >= 0.3 is 5.97 Å². The van der Waals surface area contributed by atoms with E-state index in [1.807, 2.05) is 36.4 Å². The standard InChI is InChI=1S/C23H22N2O5/c26-18-12-17-7-3-4-8-19(22(28)25(17)20(13-18)23(29)30)24-21(27)16-10-9-14-5-1-2-6-15(14)11-16/h1-6,9-11,17,19-20H,7-8,12-13H2,(H,24,27)(H,29,30)/t17-,19-,20-/m0/s1. The lowest BCUT2D eigenvalue weighted by molar-refractivity contribution is -0.158. The lowest BCUT2D eigenvalue weighted by Crippen LogP contribution is -2.60. The first-order chi connectivity index (χ1) is 14.4. The molecule has 7 nitrogen and oxygen atoms in total. The average molecular weight is 406 g/mol. The lowest BCUT2D eigenvalue weighted by Gasteiger charge is -2.41. The monoisotopic (exact) mass is 406 g/mol. The normalized spacial score (nSPS) is 24.1. The largest absolute Gasteiger partial charge is 0.480 e. The number of hydrogen-bond acceptors (Lipinski definition) is 4. The molecule has 0 saturated carbocycles. The number of benzene rings is 2. The first kappa shape index (κ1) is 19.8. The molecule has 0 bridgehead atoms. The number of aliphatic carboxylic acids is 1. The van der Waals surface area contributed by atoms with Crippen LogP contribution in [0.4, 0.5) is 0 Å². The van der Waals surface area contributed by atoms with E-state index in [1.54, 1.807) is 18.2 Å². The van der Waals surface area contributed by atoms with E-state index in [0.717, 1.165) is 10.8 Å². The van der Waals surface area contributed by atoms with E-state index in [0.29, 0.717) is 12.0 Å². The van der Waals surface area contributed by atoms with Crippen LogP contribution >= 0.6 is 0 Å². The molecule has 2 amide bonds. The molecule has 154 valence electrons. The van der Waals surface area contributed by atoms with E-state index < -0.39 is 35.9 Å². The molecular formula is C23H22N2O5. The van der Waals surface area contributed by atoms with Gasteiger partial charge in [-0.15, -0.1) is 0 Å². The highest BCUT2D eigenvalue weighted by atomic mass is 16.4. The third-order valence-electron chi connectivity index (χ3n) is 5.71. The second kappa shape index (κ2) is 8.10. The molecule has 7 heteroatoms. The molecule has 0 radical (unpaired) electrons. The van der Waals surface area contributed by atoms with E-state index in [9.17, 15) is 24.3 Å². The van der Waals surface area contributed by atoms with Crippen molar-refractivity contribution in [1.29, 1.82) is 0 Å². The molecule has 2 heterocycles. The molecule has 1 fully saturated rings. The second-order valence-electron chi connectivity index (χ2n) is 7.73. The fourth-order valence-electron chi connectivity index (χ4n) is 4.21. The Kier molecular flexibility index (Phi) is 5.35. The molecule has 3 atom stereocenters. The minimum absolute atomic E-state index is 0.130. The van der Waals surface area contributed by atoms with E-state index in [4.69, 9.17) is 0 Å². The van der Waals surface area contributed by atoms with Crippen LogP contribution in [0.2, 0.25) is 0 Å². The number of fused-ring (bicyclic) bond motifs is 2. The molecule has 2 aliphatic heterocycles. The summed E-state index contributed by atoms with van der Waals surface area (Å²) in [6.07, 6.45) is 4.26. The fourth-order valence-corrected chi connectivity index (χ4v) is 4.21. The van der Waals surface area contributed by atoms with Crippen LogP contribution in [0.5, 0.6) is 0 Å². The maximum Gasteiger partial charge on any atom is 0.326 e. The smallest absolute Gasteiger partial charge is 0.326 e. The quantitative estimate of drug-likeness (QED) is 0.762. The van der Waals surface area contributed by atoms with Gasteiger partial charge in [-0.1, -0.05) is 42.5 Å². The van der Waals surface area contributed by atoms with Crippen LogP contribution in [-0.4, -0.2) is 51.7 Å². The summed E-state index contributed by atoms with van der Waals surface area (Å²) >= 11 is 0. The molecular weight excluding hydrogens is 384 g/mol. The van der Waals surface area contributed by atoms with Gasteiger partial charge in [0.25, 0.3) is 5.91 Å². The summed E-state index contributed by atoms with van der Waals surface area (Å²) in [6, 6.07) is 10.4. The molecule has 2 aromatic rings. The number of nitrogens with one attached hydrogen (secondary N) is 1. The number of nitrogens with zero attached hydrogens (tertiary/aromatic N) is 1. The fraction of sp³-hybridized carbons (Fsp3) is 0.304. The SMILES string of the molecule is O=C1C[C@@H]2CC=CC[C@H](NC(=O)c3ccc4ccccc4c3)C(=O)N2[C@H](C(=O)O)C1. The Morgan fingerprint density at radius 2 is 1.70 bits per heavy atom. The van der Waals surface area contributed by atoms with Crippen molar-refractivity contribution in [2.75, 3.05) is 0 Å². The van der Waals surface area contributed by atoms with Gasteiger partial charge in [-0.25, -0.2) is 4.79 Å². The van der Waals surface area contributed by atoms with Gasteiger partial charge in [-0.3, -0.25) is 14.4 Å². The first-order valence-corrected chi connectivity index (χ1v) is 9.95. The Morgan fingerprint density at radius 1 is 0.967 bits per heavy atom. The lowest BCUT2D eigenvalue weighted by atomic mass is 9.89. The Balaban J connectivity index is 1.59. The number of carboxylic acids is 1. The van der Waals surface area contributed by atoms with Crippen LogP contribution in [-0.2, 0) is 14.4 Å². The first-order valence-electron chi connectivity index (χ1n) is 9.95. The molecule has 30 heavy (non-hydrogen) atoms. The molecule has 2 N–H and O–H groups in total. The summed E-state index contributed by atoms with van der Waals surface area (Å²) in [5.41, 5.74) is 0.424. The zero-order chi connectivity index (χ0) is 21.3. The highest BCUT2D eigenvalue weighted by Gasteiger charge is 2.43. The van der Waals surface area contributed by atoms with Gasteiger partial charge in [-0.05, 0) is 35.7 Å². The van der Waals surface area contributed by atoms with Gasteiger partial charge in [0.15, 0.2) is 0 Å². The van der Waals surface area contributed by atoms with Gasteiger partial charge < -0.3 is 15.3 Å². The van der Waals surface area contributed by atoms with Crippen LogP contribution in [0.15, 0.2) is 54.6 Å². The molecule has 0 unspecified atom stereocenters. The minimum atomic E-state index is -1.20. The summed E-state index contributed by atoms with van der Waals surface area (Å²) < 4.78 is 0. The van der Waals surface area contributed by atoms with Crippen molar-refractivity contribution in [1.82, 2.24) is 10.2 Å². The van der Waals surface area contributed by atoms with Gasteiger partial charge in [-0.2, -0.15) is 0 Å². The van der Waals surface area contributed by atoms with E-state index in [2.05, 4.69) is 5.32 Å². The maximum atomic E-state index is 13.2. The van der Waals surface area contributed by atoms with Crippen LogP contribution in [0.1, 0.15) is 36.0 Å². The van der Waals surface area contributed by atoms with Crippen molar-refractivity contribution in [2.24, 2.45) is 0 Å². The molecule has 0 aliphatic carbocycles. The van der Waals surface area contributed by atoms with Gasteiger partial charge in [0.1, 0.15) is 17.9 Å². The Morgan fingerprint density at radius 3 is 2.47 bits per heavy atom. The number of carbonyl (C=O) groups is 4. The van der Waals surface area contributed by atoms with Crippen molar-refractivity contribution in [3.05, 3.63) is 60.2 Å². The van der Waals surface area contributed by atoms with Crippen molar-refractivity contribution < 1.29 is 24.3 Å². The summed E-state index contributed by atoms with van der Waals surface area (Å²) in [5.74, 6) is -2.23. The predicted octanol–water partition coefficient (Wildman–Crippen LogP) is 2.30. The van der Waals surface area contributed by atoms with Gasteiger partial charge in [0.2, 0.25) is 5.91 Å². The summed E-state index contributed by atoms with van der Waals surface area (Å²) in [5, 5.41) is 14.2. The zero-order valence-corrected chi connectivity index (χ0v) is 16.3. The molecule has 4 rings (SSSR count). The Hall–Kier alpha value is -3.48. The number of rotatable bonds is 3. The molecule has 2 aromatic carbocycles. The second-order valence-corrected chi connectivity index (χ2v) is 7.73. The number of hydrogen-bond donors (Lipinski definition) is 2. The Labute approximate surface area is 173 Å². The van der Waals surface area contributed by atoms with Crippen molar-refractivity contribution in [2.45, 2.75) is 43.8 Å². The molecule has 2 aliphatic rings. The summed E-state index contributed by atoms with van der Waals surface area (Å²) in [4.78, 5) is 51.1. The topological polar surface area (TPSA) is 104 Å². The van der Waals surface area contributed by atoms with Gasteiger partial charge in [0, 0.05) is 24.4 Å². The van der Waals surface area contributed by atoms with E-state index >= 15 is 0 Å². The average Bonchev–Trinajstić information content (AvgIpc) is 2.73. The number of ketones is 1. The van der Waals surface area contributed by atoms with Crippen LogP contribution in [0.3, 0.4) is 0 Å². The molecule has 1 saturated heterocycles. The third-order valence-corrected chi connectivity index (χ3v) is 5.71. The maximum absolute atomic E-state index is 13.2. The van der Waals surface area contributed by atoms with Crippen LogP contribution < -0.4 is 5.32 Å². The molecule has 0 aromatic heterocycles. The molecule has 0 spiro atoms. The van der Waals surface area contributed by atoms with Crippen LogP contribution in [0.25, 0.3) is 10.8 Å². The highest BCUT2D eigenvalue weighted by molar-refractivity contribution is 6.01. The van der Waals surface area contributed by atoms with Crippen LogP contribution in [0, 0.1) is 0 Å². The third kappa shape index (κ3) is 3.83. The number of carboxylic acid groups (broad SMARTS) is 1. The highest BCUT2D eigenvalue weighted by Crippen LogP contribution is 2.27. The van der Waals surface area contributed by atoms with E-state index in [1.165, 1.54) is 4.90 Å². The predicted molar refractivity (Wildman–Crippen MR) is 110 cm³/mol. The minimum Gasteiger partial charge on any atom is -0.480 e.